The number of hydrogen-bond donors (Lipinski definition) is 2. The molecule has 0 aliphatic heterocycles. The maximum atomic E-state index is 13.0. The number of carbonyl (C=O) groups excluding carboxylic acids is 1. The molecule has 5 nitrogen and oxygen atoms in total. The van der Waals surface area contributed by atoms with Gasteiger partial charge in [-0.2, -0.15) is 26.3 Å². The number of nitrogens with one attached hydrogen (secondary N) is 2. The average Bonchev–Trinajstić information content (AvgIpc) is 2.58. The Bertz CT molecular complexity index is 1050. The van der Waals surface area contributed by atoms with Crippen molar-refractivity contribution in [2.24, 2.45) is 0 Å². The standard InChI is InChI=1S/C19H18F6N2O3S/c1-17(2,3)27-31(29,30)15-6-4-5-14(10-15)26-16(28)11-7-12(18(20,21)22)9-13(8-11)19(23,24)25/h4-10,27H,1-3H3,(H,26,28). The fraction of sp³-hybridized carbons (Fsp3) is 0.316. The first-order chi connectivity index (χ1) is 13.9. The maximum absolute atomic E-state index is 13.0. The van der Waals surface area contributed by atoms with E-state index in [-0.39, 0.29) is 28.8 Å². The summed E-state index contributed by atoms with van der Waals surface area (Å²) in [5, 5.41) is 2.13. The topological polar surface area (TPSA) is 75.3 Å². The zero-order valence-corrected chi connectivity index (χ0v) is 17.3. The summed E-state index contributed by atoms with van der Waals surface area (Å²) in [6.45, 7) is 4.80. The Kier molecular flexibility index (Phi) is 6.49. The molecule has 0 unspecified atom stereocenters. The number of hydrogen-bond acceptors (Lipinski definition) is 3. The number of carbonyl (C=O) groups is 1. The lowest BCUT2D eigenvalue weighted by atomic mass is 10.0. The lowest BCUT2D eigenvalue weighted by Crippen LogP contribution is -2.40. The van der Waals surface area contributed by atoms with Crippen LogP contribution in [-0.4, -0.2) is 19.9 Å². The molecule has 0 bridgehead atoms. The molecular formula is C19H18F6N2O3S. The Morgan fingerprint density at radius 3 is 1.81 bits per heavy atom. The zero-order valence-electron chi connectivity index (χ0n) is 16.4. The summed E-state index contributed by atoms with van der Waals surface area (Å²) in [6.07, 6.45) is -10.2. The number of amides is 1. The van der Waals surface area contributed by atoms with Crippen LogP contribution in [0.3, 0.4) is 0 Å². The summed E-state index contributed by atoms with van der Waals surface area (Å²) >= 11 is 0. The van der Waals surface area contributed by atoms with E-state index in [1.165, 1.54) is 18.2 Å². The first kappa shape index (κ1) is 24.7. The molecule has 0 atom stereocenters. The molecule has 0 aromatic heterocycles. The highest BCUT2D eigenvalue weighted by Crippen LogP contribution is 2.36. The van der Waals surface area contributed by atoms with Gasteiger partial charge in [-0.05, 0) is 57.2 Å². The molecule has 31 heavy (non-hydrogen) atoms. The van der Waals surface area contributed by atoms with Gasteiger partial charge in [0.2, 0.25) is 10.0 Å². The van der Waals surface area contributed by atoms with Crippen molar-refractivity contribution in [1.82, 2.24) is 4.72 Å². The van der Waals surface area contributed by atoms with Gasteiger partial charge in [-0.1, -0.05) is 6.07 Å². The van der Waals surface area contributed by atoms with Gasteiger partial charge in [-0.25, -0.2) is 13.1 Å². The van der Waals surface area contributed by atoms with E-state index in [1.807, 2.05) is 0 Å². The largest absolute Gasteiger partial charge is 0.416 e. The second kappa shape index (κ2) is 8.15. The molecule has 2 aromatic rings. The number of alkyl halides is 6. The number of sulfonamides is 1. The van der Waals surface area contributed by atoms with Crippen molar-refractivity contribution < 1.29 is 39.6 Å². The van der Waals surface area contributed by atoms with Crippen molar-refractivity contribution in [2.75, 3.05) is 5.32 Å². The molecular weight excluding hydrogens is 450 g/mol. The molecule has 2 aromatic carbocycles. The van der Waals surface area contributed by atoms with E-state index in [1.54, 1.807) is 20.8 Å². The van der Waals surface area contributed by atoms with Crippen molar-refractivity contribution in [3.05, 3.63) is 59.2 Å². The molecule has 170 valence electrons. The smallest absolute Gasteiger partial charge is 0.322 e. The van der Waals surface area contributed by atoms with Crippen LogP contribution in [0.4, 0.5) is 32.0 Å². The van der Waals surface area contributed by atoms with Gasteiger partial charge in [0.15, 0.2) is 0 Å². The highest BCUT2D eigenvalue weighted by Gasteiger charge is 2.37. The zero-order chi connectivity index (χ0) is 23.8. The number of anilines is 1. The summed E-state index contributed by atoms with van der Waals surface area (Å²) in [7, 11) is -3.99. The minimum absolute atomic E-state index is 0.0951. The summed E-state index contributed by atoms with van der Waals surface area (Å²) in [6, 6.07) is 5.23. The quantitative estimate of drug-likeness (QED) is 0.617. The molecule has 1 amide bonds. The minimum Gasteiger partial charge on any atom is -0.322 e. The third-order valence-corrected chi connectivity index (χ3v) is 5.45. The Morgan fingerprint density at radius 1 is 0.839 bits per heavy atom. The summed E-state index contributed by atoms with van der Waals surface area (Å²) in [5.41, 5.74) is -5.11. The number of halogens is 6. The van der Waals surface area contributed by atoms with Crippen LogP contribution in [-0.2, 0) is 22.4 Å². The van der Waals surface area contributed by atoms with Crippen molar-refractivity contribution in [2.45, 2.75) is 43.6 Å². The lowest BCUT2D eigenvalue weighted by Gasteiger charge is -2.20. The fourth-order valence-electron chi connectivity index (χ4n) is 2.49. The maximum Gasteiger partial charge on any atom is 0.416 e. The van der Waals surface area contributed by atoms with Gasteiger partial charge in [0.05, 0.1) is 16.0 Å². The molecule has 0 aliphatic rings. The Labute approximate surface area is 174 Å². The van der Waals surface area contributed by atoms with Crippen molar-refractivity contribution in [3.8, 4) is 0 Å². The molecule has 0 saturated carbocycles. The predicted molar refractivity (Wildman–Crippen MR) is 101 cm³/mol. The van der Waals surface area contributed by atoms with Gasteiger partial charge in [0, 0.05) is 16.8 Å². The van der Waals surface area contributed by atoms with Gasteiger partial charge in [0.1, 0.15) is 0 Å². The van der Waals surface area contributed by atoms with Crippen LogP contribution in [0.1, 0.15) is 42.3 Å². The van der Waals surface area contributed by atoms with E-state index in [0.29, 0.717) is 0 Å². The monoisotopic (exact) mass is 468 g/mol. The van der Waals surface area contributed by atoms with Crippen LogP contribution in [0, 0.1) is 0 Å². The SMILES string of the molecule is CC(C)(C)NS(=O)(=O)c1cccc(NC(=O)c2cc(C(F)(F)F)cc(C(F)(F)F)c2)c1. The second-order valence-electron chi connectivity index (χ2n) is 7.63. The lowest BCUT2D eigenvalue weighted by molar-refractivity contribution is -0.143. The third kappa shape index (κ3) is 6.69. The molecule has 0 heterocycles. The van der Waals surface area contributed by atoms with Crippen LogP contribution >= 0.6 is 0 Å². The molecule has 0 spiro atoms. The van der Waals surface area contributed by atoms with E-state index in [0.717, 1.165) is 6.07 Å². The van der Waals surface area contributed by atoms with Crippen LogP contribution in [0.2, 0.25) is 0 Å². The average molecular weight is 468 g/mol. The van der Waals surface area contributed by atoms with Crippen molar-refractivity contribution in [3.63, 3.8) is 0 Å². The van der Waals surface area contributed by atoms with Gasteiger partial charge in [0.25, 0.3) is 5.91 Å². The number of benzene rings is 2. The molecule has 2 rings (SSSR count). The van der Waals surface area contributed by atoms with E-state index in [2.05, 4.69) is 10.0 Å². The van der Waals surface area contributed by atoms with Crippen LogP contribution < -0.4 is 10.0 Å². The highest BCUT2D eigenvalue weighted by molar-refractivity contribution is 7.89. The predicted octanol–water partition coefficient (Wildman–Crippen LogP) is 5.05. The molecule has 12 heteroatoms. The Morgan fingerprint density at radius 2 is 1.35 bits per heavy atom. The van der Waals surface area contributed by atoms with Gasteiger partial charge < -0.3 is 5.32 Å². The fourth-order valence-corrected chi connectivity index (χ4v) is 3.96. The van der Waals surface area contributed by atoms with Gasteiger partial charge >= 0.3 is 12.4 Å². The Hall–Kier alpha value is -2.60. The second-order valence-corrected chi connectivity index (χ2v) is 9.31. The Balaban J connectivity index is 2.40. The van der Waals surface area contributed by atoms with Gasteiger partial charge in [-0.3, -0.25) is 4.79 Å². The summed E-state index contributed by atoms with van der Waals surface area (Å²) < 4.78 is 105. The first-order valence-electron chi connectivity index (χ1n) is 8.63. The molecule has 0 saturated heterocycles. The molecule has 2 N–H and O–H groups in total. The van der Waals surface area contributed by atoms with Crippen molar-refractivity contribution in [1.29, 1.82) is 0 Å². The third-order valence-electron chi connectivity index (χ3n) is 3.69. The highest BCUT2D eigenvalue weighted by atomic mass is 32.2. The van der Waals surface area contributed by atoms with E-state index >= 15 is 0 Å². The van der Waals surface area contributed by atoms with Crippen LogP contribution in [0.5, 0.6) is 0 Å². The first-order valence-corrected chi connectivity index (χ1v) is 10.1. The molecule has 0 aliphatic carbocycles. The van der Waals surface area contributed by atoms with E-state index in [9.17, 15) is 39.6 Å². The molecule has 0 fully saturated rings. The molecule has 0 radical (unpaired) electrons. The van der Waals surface area contributed by atoms with E-state index in [4.69, 9.17) is 0 Å². The van der Waals surface area contributed by atoms with Gasteiger partial charge in [-0.15, -0.1) is 0 Å². The van der Waals surface area contributed by atoms with E-state index < -0.39 is 50.5 Å². The van der Waals surface area contributed by atoms with Crippen LogP contribution in [0.15, 0.2) is 47.4 Å². The summed E-state index contributed by atoms with van der Waals surface area (Å²) in [5.74, 6) is -1.27. The van der Waals surface area contributed by atoms with Crippen LogP contribution in [0.25, 0.3) is 0 Å². The van der Waals surface area contributed by atoms with Crippen molar-refractivity contribution >= 4 is 21.6 Å². The minimum atomic E-state index is -5.11. The normalized spacial score (nSPS) is 13.2. The summed E-state index contributed by atoms with van der Waals surface area (Å²) in [4.78, 5) is 12.1. The number of rotatable bonds is 4.